The Morgan fingerprint density at radius 3 is 1.36 bits per heavy atom. The Morgan fingerprint density at radius 1 is 0.909 bits per heavy atom. The molecule has 0 spiro atoms. The fraction of sp³-hybridized carbons (Fsp3) is 1.00. The minimum atomic E-state index is -1.35. The molecule has 0 saturated carbocycles. The average molecular weight is 200 g/mol. The zero-order valence-electron chi connectivity index (χ0n) is 6.44. The van der Waals surface area contributed by atoms with Crippen molar-refractivity contribution in [3.05, 3.63) is 0 Å². The summed E-state index contributed by atoms with van der Waals surface area (Å²) in [5, 5.41) is 34.4. The van der Waals surface area contributed by atoms with Gasteiger partial charge >= 0.3 is 0 Å². The van der Waals surface area contributed by atoms with Gasteiger partial charge in [-0.2, -0.15) is 0 Å². The highest BCUT2D eigenvalue weighted by Crippen LogP contribution is 2.48. The summed E-state index contributed by atoms with van der Waals surface area (Å²) in [6.45, 7) is 3.53. The molecule has 0 aromatic rings. The Morgan fingerprint density at radius 2 is 1.18 bits per heavy atom. The molecule has 6 heteroatoms. The maximum absolute atomic E-state index is 8.61. The van der Waals surface area contributed by atoms with Crippen LogP contribution >= 0.6 is 17.2 Å². The fourth-order valence-corrected chi connectivity index (χ4v) is 3.09. The summed E-state index contributed by atoms with van der Waals surface area (Å²) in [5.74, 6) is 0. The number of aliphatic hydroxyl groups is 4. The van der Waals surface area contributed by atoms with Crippen LogP contribution in [0.3, 0.4) is 0 Å². The number of hydrogen-bond acceptors (Lipinski definition) is 4. The largest absolute Gasteiger partial charge is 0.365 e. The van der Waals surface area contributed by atoms with E-state index < -0.39 is 17.0 Å². The maximum Gasteiger partial charge on any atom is 0.168 e. The Hall–Kier alpha value is 0.700. The van der Waals surface area contributed by atoms with Crippen LogP contribution < -0.4 is 0 Å². The topological polar surface area (TPSA) is 80.9 Å². The van der Waals surface area contributed by atoms with E-state index in [4.69, 9.17) is 20.4 Å². The van der Waals surface area contributed by atoms with Crippen LogP contribution in [0.4, 0.5) is 0 Å². The second-order valence-corrected chi connectivity index (χ2v) is 7.27. The maximum atomic E-state index is 8.61. The van der Waals surface area contributed by atoms with Crippen molar-refractivity contribution in [1.29, 1.82) is 0 Å². The van der Waals surface area contributed by atoms with Crippen LogP contribution in [0, 0.1) is 0 Å². The smallest absolute Gasteiger partial charge is 0.168 e. The summed E-state index contributed by atoms with van der Waals surface area (Å²) in [5.41, 5.74) is 0. The molecular weight excluding hydrogens is 186 g/mol. The molecule has 4 N–H and O–H groups in total. The lowest BCUT2D eigenvalue weighted by atomic mass is 10.5. The standard InChI is InChI=1S/C5H14O4P2/c1-5(2,10-3(6)7)11-4(8)9/h3-4,6-11H,1-2H3. The SMILES string of the molecule is CC(C)(PC(O)O)PC(O)O. The minimum absolute atomic E-state index is 0.0884. The van der Waals surface area contributed by atoms with Gasteiger partial charge in [-0.3, -0.25) is 0 Å². The van der Waals surface area contributed by atoms with Crippen LogP contribution in [0.25, 0.3) is 0 Å². The molecule has 0 bridgehead atoms. The van der Waals surface area contributed by atoms with E-state index in [2.05, 4.69) is 0 Å². The second kappa shape index (κ2) is 4.66. The van der Waals surface area contributed by atoms with Crippen LogP contribution in [-0.4, -0.2) is 37.4 Å². The van der Waals surface area contributed by atoms with Crippen molar-refractivity contribution < 1.29 is 20.4 Å². The van der Waals surface area contributed by atoms with Crippen LogP contribution in [-0.2, 0) is 0 Å². The molecule has 0 amide bonds. The molecule has 0 rings (SSSR count). The van der Waals surface area contributed by atoms with Gasteiger partial charge in [-0.15, -0.1) is 0 Å². The quantitative estimate of drug-likeness (QED) is 0.368. The summed E-state index contributed by atoms with van der Waals surface area (Å²) in [7, 11) is -0.177. The lowest BCUT2D eigenvalue weighted by molar-refractivity contribution is 0.0340. The van der Waals surface area contributed by atoms with Crippen LogP contribution in [0.2, 0.25) is 0 Å². The van der Waals surface area contributed by atoms with Gasteiger partial charge in [0.1, 0.15) is 0 Å². The highest BCUT2D eigenvalue weighted by Gasteiger charge is 2.23. The van der Waals surface area contributed by atoms with Crippen molar-refractivity contribution in [1.82, 2.24) is 0 Å². The third kappa shape index (κ3) is 7.07. The zero-order chi connectivity index (χ0) is 9.07. The molecule has 0 aliphatic rings. The summed E-state index contributed by atoms with van der Waals surface area (Å²) in [6, 6.07) is -2.70. The van der Waals surface area contributed by atoms with E-state index in [0.717, 1.165) is 0 Å². The molecule has 4 nitrogen and oxygen atoms in total. The van der Waals surface area contributed by atoms with Crippen molar-refractivity contribution in [2.75, 3.05) is 0 Å². The highest BCUT2D eigenvalue weighted by atomic mass is 31.1. The molecule has 0 aromatic carbocycles. The first-order valence-corrected chi connectivity index (χ1v) is 5.26. The summed E-state index contributed by atoms with van der Waals surface area (Å²) >= 11 is 0. The lowest BCUT2D eigenvalue weighted by Crippen LogP contribution is -2.15. The average Bonchev–Trinajstić information content (AvgIpc) is 1.53. The molecule has 11 heavy (non-hydrogen) atoms. The van der Waals surface area contributed by atoms with E-state index in [0.29, 0.717) is 0 Å². The first kappa shape index (κ1) is 11.7. The van der Waals surface area contributed by atoms with E-state index in [9.17, 15) is 0 Å². The molecule has 0 radical (unpaired) electrons. The van der Waals surface area contributed by atoms with Gasteiger partial charge in [0.05, 0.1) is 0 Å². The lowest BCUT2D eigenvalue weighted by Gasteiger charge is -2.25. The van der Waals surface area contributed by atoms with E-state index in [-0.39, 0.29) is 17.2 Å². The van der Waals surface area contributed by atoms with Crippen LogP contribution in [0.1, 0.15) is 13.8 Å². The van der Waals surface area contributed by atoms with E-state index in [1.165, 1.54) is 0 Å². The molecule has 2 atom stereocenters. The van der Waals surface area contributed by atoms with Gasteiger partial charge in [-0.25, -0.2) is 0 Å². The minimum Gasteiger partial charge on any atom is -0.365 e. The van der Waals surface area contributed by atoms with E-state index >= 15 is 0 Å². The molecule has 0 aromatic heterocycles. The van der Waals surface area contributed by atoms with Gasteiger partial charge in [-0.1, -0.05) is 31.0 Å². The second-order valence-electron chi connectivity index (χ2n) is 2.66. The Kier molecular flexibility index (Phi) is 4.96. The Bertz CT molecular complexity index is 103. The van der Waals surface area contributed by atoms with Crippen LogP contribution in [0.5, 0.6) is 0 Å². The van der Waals surface area contributed by atoms with Crippen molar-refractivity contribution in [3.8, 4) is 0 Å². The number of aliphatic hydroxyl groups excluding tert-OH is 2. The van der Waals surface area contributed by atoms with Gasteiger partial charge in [0, 0.05) is 4.90 Å². The van der Waals surface area contributed by atoms with Crippen molar-refractivity contribution in [2.24, 2.45) is 0 Å². The molecule has 0 fully saturated rings. The summed E-state index contributed by atoms with van der Waals surface area (Å²) in [6.07, 6.45) is 0. The van der Waals surface area contributed by atoms with Crippen molar-refractivity contribution >= 4 is 17.2 Å². The first-order chi connectivity index (χ1) is 4.83. The molecule has 2 unspecified atom stereocenters. The van der Waals surface area contributed by atoms with E-state index in [1.54, 1.807) is 13.8 Å². The predicted octanol–water partition coefficient (Wildman–Crippen LogP) is -0.384. The first-order valence-electron chi connectivity index (χ1n) is 3.11. The fourth-order valence-electron chi connectivity index (χ4n) is 0.687. The van der Waals surface area contributed by atoms with Crippen LogP contribution in [0.15, 0.2) is 0 Å². The third-order valence-electron chi connectivity index (χ3n) is 0.980. The molecule has 68 valence electrons. The van der Waals surface area contributed by atoms with Gasteiger partial charge in [-0.05, 0) is 0 Å². The number of hydrogen-bond donors (Lipinski definition) is 4. The molecular formula is C5H14O4P2. The summed E-state index contributed by atoms with van der Waals surface area (Å²) in [4.78, 5) is -0.400. The van der Waals surface area contributed by atoms with Gasteiger partial charge in [0.15, 0.2) is 12.1 Å². The molecule has 0 aliphatic heterocycles. The molecule has 0 aliphatic carbocycles. The Labute approximate surface area is 69.2 Å². The van der Waals surface area contributed by atoms with Gasteiger partial charge in [0.25, 0.3) is 0 Å². The van der Waals surface area contributed by atoms with Crippen molar-refractivity contribution in [2.45, 2.75) is 30.8 Å². The van der Waals surface area contributed by atoms with Gasteiger partial charge in [0.2, 0.25) is 0 Å². The summed E-state index contributed by atoms with van der Waals surface area (Å²) < 4.78 is 0. The third-order valence-corrected chi connectivity index (χ3v) is 3.81. The van der Waals surface area contributed by atoms with Crippen molar-refractivity contribution in [3.63, 3.8) is 0 Å². The normalized spacial score (nSPS) is 15.3. The molecule has 0 saturated heterocycles. The zero-order valence-corrected chi connectivity index (χ0v) is 8.44. The molecule has 0 heterocycles. The predicted molar refractivity (Wildman–Crippen MR) is 47.2 cm³/mol. The monoisotopic (exact) mass is 200 g/mol. The number of rotatable bonds is 4. The highest BCUT2D eigenvalue weighted by molar-refractivity contribution is 7.59. The van der Waals surface area contributed by atoms with E-state index in [1.807, 2.05) is 0 Å². The Balaban J connectivity index is 3.79. The van der Waals surface area contributed by atoms with Gasteiger partial charge < -0.3 is 20.4 Å².